The van der Waals surface area contributed by atoms with Crippen molar-refractivity contribution in [3.05, 3.63) is 217 Å². The Labute approximate surface area is 397 Å². The van der Waals surface area contributed by atoms with Crippen molar-refractivity contribution in [2.45, 2.75) is 0 Å². The SMILES string of the molecule is N#Cc1c(-n2c3ccccc3c3ccccc32)c(C#N)c(-n2c3ccccc3c3c4sc5ccccc5c4ccc32)c(-n2c3ccccc3c3ccccc32)c1-n1c2ccccc2c2ccccc21. The summed E-state index contributed by atoms with van der Waals surface area (Å²) in [5.74, 6) is 0. The molecular weight excluding hydrogens is 861 g/mol. The van der Waals surface area contributed by atoms with Crippen LogP contribution in [0.1, 0.15) is 11.1 Å². The quantitative estimate of drug-likeness (QED) is 0.177. The van der Waals surface area contributed by atoms with E-state index in [-0.39, 0.29) is 0 Å². The number of fused-ring (bicyclic) bond motifs is 16. The van der Waals surface area contributed by atoms with Crippen LogP contribution >= 0.6 is 11.3 Å². The molecular formula is C62H34N6S. The molecule has 0 spiro atoms. The molecule has 6 nitrogen and oxygen atoms in total. The van der Waals surface area contributed by atoms with Crippen LogP contribution in [0.25, 0.3) is 130 Å². The van der Waals surface area contributed by atoms with Crippen LogP contribution in [0.3, 0.4) is 0 Å². The van der Waals surface area contributed by atoms with Gasteiger partial charge >= 0.3 is 0 Å². The first-order valence-electron chi connectivity index (χ1n) is 23.1. The highest BCUT2D eigenvalue weighted by atomic mass is 32.1. The van der Waals surface area contributed by atoms with Gasteiger partial charge in [-0.3, -0.25) is 0 Å². The molecule has 0 atom stereocenters. The first-order valence-corrected chi connectivity index (χ1v) is 23.9. The van der Waals surface area contributed by atoms with Gasteiger partial charge in [0, 0.05) is 63.3 Å². The maximum absolute atomic E-state index is 12.4. The lowest BCUT2D eigenvalue weighted by Crippen LogP contribution is -2.16. The molecule has 0 amide bonds. The van der Waals surface area contributed by atoms with E-state index >= 15 is 0 Å². The van der Waals surface area contributed by atoms with Crippen molar-refractivity contribution in [2.24, 2.45) is 0 Å². The molecule has 15 aromatic rings. The van der Waals surface area contributed by atoms with E-state index in [1.165, 1.54) is 20.2 Å². The zero-order valence-corrected chi connectivity index (χ0v) is 37.5. The predicted octanol–water partition coefficient (Wildman–Crippen LogP) is 16.2. The van der Waals surface area contributed by atoms with Gasteiger partial charge in [-0.1, -0.05) is 152 Å². The lowest BCUT2D eigenvalue weighted by molar-refractivity contribution is 1.02. The molecule has 0 aliphatic rings. The number of rotatable bonds is 4. The number of nitrogens with zero attached hydrogens (tertiary/aromatic N) is 6. The van der Waals surface area contributed by atoms with Crippen molar-refractivity contribution in [3.8, 4) is 34.9 Å². The van der Waals surface area contributed by atoms with Crippen molar-refractivity contribution in [2.75, 3.05) is 0 Å². The summed E-state index contributed by atoms with van der Waals surface area (Å²) >= 11 is 1.81. The minimum atomic E-state index is 0.387. The van der Waals surface area contributed by atoms with Crippen LogP contribution in [0.4, 0.5) is 0 Å². The molecule has 0 saturated heterocycles. The van der Waals surface area contributed by atoms with Gasteiger partial charge in [0.15, 0.2) is 0 Å². The van der Waals surface area contributed by atoms with Gasteiger partial charge in [0.25, 0.3) is 0 Å². The average Bonchev–Trinajstić information content (AvgIpc) is 4.21. The first-order chi connectivity index (χ1) is 34.2. The third-order valence-electron chi connectivity index (χ3n) is 14.4. The second-order valence-electron chi connectivity index (χ2n) is 17.8. The van der Waals surface area contributed by atoms with Crippen LogP contribution < -0.4 is 0 Å². The lowest BCUT2D eigenvalue weighted by atomic mass is 9.98. The Morgan fingerprint density at radius 1 is 0.275 bits per heavy atom. The largest absolute Gasteiger partial charge is 0.306 e. The topological polar surface area (TPSA) is 67.3 Å². The molecule has 69 heavy (non-hydrogen) atoms. The van der Waals surface area contributed by atoms with E-state index in [1.807, 2.05) is 23.5 Å². The fourth-order valence-corrected chi connectivity index (χ4v) is 13.0. The fourth-order valence-electron chi connectivity index (χ4n) is 11.7. The van der Waals surface area contributed by atoms with Crippen LogP contribution in [0, 0.1) is 22.7 Å². The summed E-state index contributed by atoms with van der Waals surface area (Å²) in [6, 6.07) is 78.1. The normalized spacial score (nSPS) is 12.0. The van der Waals surface area contributed by atoms with Crippen LogP contribution in [0.15, 0.2) is 206 Å². The molecule has 0 bridgehead atoms. The number of benzene rings is 10. The molecule has 15 rings (SSSR count). The van der Waals surface area contributed by atoms with E-state index in [0.29, 0.717) is 28.2 Å². The Bertz CT molecular complexity index is 4660. The predicted molar refractivity (Wildman–Crippen MR) is 286 cm³/mol. The van der Waals surface area contributed by atoms with Crippen LogP contribution in [0.2, 0.25) is 0 Å². The van der Waals surface area contributed by atoms with Crippen LogP contribution in [0.5, 0.6) is 0 Å². The first kappa shape index (κ1) is 37.8. The molecule has 0 saturated carbocycles. The summed E-state index contributed by atoms with van der Waals surface area (Å²) in [5, 5.41) is 35.7. The molecule has 0 N–H and O–H groups in total. The maximum Gasteiger partial charge on any atom is 0.104 e. The van der Waals surface area contributed by atoms with Crippen molar-refractivity contribution >= 4 is 119 Å². The van der Waals surface area contributed by atoms with Crippen LogP contribution in [-0.2, 0) is 0 Å². The summed E-state index contributed by atoms with van der Waals surface area (Å²) in [4.78, 5) is 0. The molecule has 0 aliphatic heterocycles. The summed E-state index contributed by atoms with van der Waals surface area (Å²) in [7, 11) is 0. The highest BCUT2D eigenvalue weighted by Crippen LogP contribution is 2.50. The van der Waals surface area contributed by atoms with E-state index < -0.39 is 0 Å². The minimum Gasteiger partial charge on any atom is -0.306 e. The molecule has 10 aromatic carbocycles. The Hall–Kier alpha value is -9.40. The molecule has 0 fully saturated rings. The summed E-state index contributed by atoms with van der Waals surface area (Å²) in [5.41, 5.74) is 11.0. The standard InChI is InChI=1S/C62H34N6S/c63-35-46-58(65-48-25-9-1-17-37(48)38-18-2-10-26-49(38)65)47(36-64)60(68-54-31-15-7-24-45(54)57-55(68)34-33-44-43-23-8-16-32-56(43)69-62(44)57)61(67-52-29-13-5-21-41(52)42-22-6-14-30-53(42)67)59(46)66-50-27-11-3-19-39(50)40-20-4-12-28-51(40)66/h1-34H. The van der Waals surface area contributed by atoms with Gasteiger partial charge in [-0.2, -0.15) is 10.5 Å². The lowest BCUT2D eigenvalue weighted by Gasteiger charge is -2.27. The number of nitriles is 2. The second kappa shape index (κ2) is 14.1. The summed E-state index contributed by atoms with van der Waals surface area (Å²) < 4.78 is 11.6. The van der Waals surface area contributed by atoms with Gasteiger partial charge in [-0.15, -0.1) is 11.3 Å². The molecule has 5 heterocycles. The van der Waals surface area contributed by atoms with Crippen molar-refractivity contribution < 1.29 is 0 Å². The number of hydrogen-bond acceptors (Lipinski definition) is 3. The second-order valence-corrected chi connectivity index (χ2v) is 18.8. The Morgan fingerprint density at radius 3 is 1.01 bits per heavy atom. The van der Waals surface area contributed by atoms with Gasteiger partial charge in [-0.05, 0) is 54.6 Å². The fraction of sp³-hybridized carbons (Fsp3) is 0. The molecule has 0 radical (unpaired) electrons. The summed E-state index contributed by atoms with van der Waals surface area (Å²) in [6.45, 7) is 0. The average molecular weight is 895 g/mol. The number of thiophene rings is 1. The van der Waals surface area contributed by atoms with E-state index in [4.69, 9.17) is 0 Å². The van der Waals surface area contributed by atoms with Gasteiger partial charge in [-0.25, -0.2) is 0 Å². The van der Waals surface area contributed by atoms with Gasteiger partial charge < -0.3 is 18.3 Å². The maximum atomic E-state index is 12.4. The number of aromatic nitrogens is 4. The Morgan fingerprint density at radius 2 is 0.594 bits per heavy atom. The third-order valence-corrected chi connectivity index (χ3v) is 15.6. The van der Waals surface area contributed by atoms with Crippen molar-refractivity contribution in [1.82, 2.24) is 18.3 Å². The molecule has 5 aromatic heterocycles. The van der Waals surface area contributed by atoms with E-state index in [0.717, 1.165) is 92.9 Å². The molecule has 318 valence electrons. The number of hydrogen-bond donors (Lipinski definition) is 0. The monoisotopic (exact) mass is 894 g/mol. The van der Waals surface area contributed by atoms with Crippen molar-refractivity contribution in [3.63, 3.8) is 0 Å². The zero-order valence-electron chi connectivity index (χ0n) is 36.7. The highest BCUT2D eigenvalue weighted by molar-refractivity contribution is 7.26. The molecule has 0 aliphatic carbocycles. The van der Waals surface area contributed by atoms with E-state index in [9.17, 15) is 10.5 Å². The van der Waals surface area contributed by atoms with Crippen LogP contribution in [-0.4, -0.2) is 18.3 Å². The number of para-hydroxylation sites is 7. The molecule has 7 heteroatoms. The van der Waals surface area contributed by atoms with E-state index in [1.54, 1.807) is 0 Å². The van der Waals surface area contributed by atoms with Gasteiger partial charge in [0.1, 0.15) is 23.3 Å². The summed E-state index contributed by atoms with van der Waals surface area (Å²) in [6.07, 6.45) is 0. The van der Waals surface area contributed by atoms with E-state index in [2.05, 4.69) is 225 Å². The third kappa shape index (κ3) is 4.91. The van der Waals surface area contributed by atoms with Crippen molar-refractivity contribution in [1.29, 1.82) is 10.5 Å². The Kier molecular flexibility index (Phi) is 7.70. The Balaban J connectivity index is 1.28. The minimum absolute atomic E-state index is 0.387. The van der Waals surface area contributed by atoms with Gasteiger partial charge in [0.05, 0.1) is 66.9 Å². The smallest absolute Gasteiger partial charge is 0.104 e. The zero-order chi connectivity index (χ0) is 45.5. The van der Waals surface area contributed by atoms with Gasteiger partial charge in [0.2, 0.25) is 0 Å². The molecule has 0 unspecified atom stereocenters. The highest BCUT2D eigenvalue weighted by Gasteiger charge is 2.34.